The molecular formula is C13H20N4O4S. The number of rotatable bonds is 9. The van der Waals surface area contributed by atoms with E-state index in [0.717, 1.165) is 0 Å². The molecule has 0 fully saturated rings. The number of guanidine groups is 1. The fraction of sp³-hybridized carbons (Fsp3) is 0.385. The average molecular weight is 328 g/mol. The summed E-state index contributed by atoms with van der Waals surface area (Å²) < 4.78 is 26.2. The fourth-order valence-corrected chi connectivity index (χ4v) is 3.16. The molecule has 122 valence electrons. The molecule has 0 unspecified atom stereocenters. The summed E-state index contributed by atoms with van der Waals surface area (Å²) in [5.74, 6) is -1.59. The predicted molar refractivity (Wildman–Crippen MR) is 83.5 cm³/mol. The Morgan fingerprint density at radius 1 is 1.27 bits per heavy atom. The molecule has 1 rings (SSSR count). The molecule has 0 aliphatic heterocycles. The van der Waals surface area contributed by atoms with Crippen LogP contribution in [0.5, 0.6) is 0 Å². The second-order valence-corrected chi connectivity index (χ2v) is 6.46. The third kappa shape index (κ3) is 7.04. The van der Waals surface area contributed by atoms with Crippen molar-refractivity contribution in [3.63, 3.8) is 0 Å². The van der Waals surface area contributed by atoms with Crippen molar-refractivity contribution in [2.24, 2.45) is 16.5 Å². The minimum absolute atomic E-state index is 0.0865. The van der Waals surface area contributed by atoms with Crippen LogP contribution >= 0.6 is 0 Å². The van der Waals surface area contributed by atoms with E-state index in [2.05, 4.69) is 9.71 Å². The number of nitrogens with one attached hydrogen (secondary N) is 1. The lowest BCUT2D eigenvalue weighted by molar-refractivity contribution is -0.139. The van der Waals surface area contributed by atoms with E-state index < -0.39 is 22.0 Å². The summed E-state index contributed by atoms with van der Waals surface area (Å²) in [7, 11) is -3.75. The molecule has 0 bridgehead atoms. The third-order valence-electron chi connectivity index (χ3n) is 2.76. The number of hydrogen-bond donors (Lipinski definition) is 4. The molecule has 22 heavy (non-hydrogen) atoms. The first-order valence-electron chi connectivity index (χ1n) is 6.62. The summed E-state index contributed by atoms with van der Waals surface area (Å²) in [5, 5.41) is 9.10. The summed E-state index contributed by atoms with van der Waals surface area (Å²) in [5.41, 5.74) is 10.9. The van der Waals surface area contributed by atoms with Gasteiger partial charge < -0.3 is 16.6 Å². The topological polar surface area (TPSA) is 148 Å². The zero-order valence-corrected chi connectivity index (χ0v) is 12.8. The number of benzene rings is 1. The summed E-state index contributed by atoms with van der Waals surface area (Å²) in [4.78, 5) is 14.9. The van der Waals surface area contributed by atoms with Crippen molar-refractivity contribution < 1.29 is 18.3 Å². The molecule has 6 N–H and O–H groups in total. The molecule has 0 radical (unpaired) electrons. The molecule has 0 saturated carbocycles. The number of carbonyl (C=O) groups is 1. The number of hydrogen-bond acceptors (Lipinski definition) is 4. The van der Waals surface area contributed by atoms with E-state index >= 15 is 0 Å². The van der Waals surface area contributed by atoms with E-state index in [-0.39, 0.29) is 24.7 Å². The highest BCUT2D eigenvalue weighted by Crippen LogP contribution is 2.07. The van der Waals surface area contributed by atoms with Gasteiger partial charge in [-0.1, -0.05) is 30.3 Å². The number of aliphatic imine (C=N–C) groups is 1. The first-order chi connectivity index (χ1) is 10.3. The second kappa shape index (κ2) is 8.35. The summed E-state index contributed by atoms with van der Waals surface area (Å²) in [6.45, 7) is 0.243. The van der Waals surface area contributed by atoms with E-state index in [0.29, 0.717) is 12.0 Å². The van der Waals surface area contributed by atoms with Gasteiger partial charge >= 0.3 is 5.97 Å². The van der Waals surface area contributed by atoms with E-state index in [1.165, 1.54) is 0 Å². The number of nitrogens with two attached hydrogens (primary N) is 2. The zero-order valence-electron chi connectivity index (χ0n) is 12.0. The number of aliphatic carboxylic acids is 1. The number of nitrogens with zero attached hydrogens (tertiary/aromatic N) is 1. The van der Waals surface area contributed by atoms with Crippen LogP contribution in [0, 0.1) is 0 Å². The molecule has 1 aromatic rings. The first-order valence-corrected chi connectivity index (χ1v) is 8.27. The van der Waals surface area contributed by atoms with Crippen LogP contribution in [-0.4, -0.2) is 38.0 Å². The van der Waals surface area contributed by atoms with Gasteiger partial charge in [0.15, 0.2) is 5.96 Å². The van der Waals surface area contributed by atoms with Crippen LogP contribution in [0.4, 0.5) is 0 Å². The Bertz CT molecular complexity index is 612. The van der Waals surface area contributed by atoms with E-state index in [9.17, 15) is 13.2 Å². The van der Waals surface area contributed by atoms with Gasteiger partial charge in [-0.05, 0) is 18.4 Å². The lowest BCUT2D eigenvalue weighted by Crippen LogP contribution is -2.41. The van der Waals surface area contributed by atoms with Crippen molar-refractivity contribution in [1.82, 2.24) is 4.72 Å². The first kappa shape index (κ1) is 17.9. The Morgan fingerprint density at radius 2 is 1.91 bits per heavy atom. The Kier molecular flexibility index (Phi) is 6.80. The average Bonchev–Trinajstić information content (AvgIpc) is 2.42. The molecule has 0 spiro atoms. The predicted octanol–water partition coefficient (Wildman–Crippen LogP) is -0.387. The number of carboxylic acids is 1. The van der Waals surface area contributed by atoms with Crippen molar-refractivity contribution >= 4 is 22.0 Å². The van der Waals surface area contributed by atoms with E-state index in [4.69, 9.17) is 16.6 Å². The molecule has 0 aliphatic rings. The van der Waals surface area contributed by atoms with Crippen LogP contribution in [0.1, 0.15) is 18.4 Å². The monoisotopic (exact) mass is 328 g/mol. The maximum atomic E-state index is 12.0. The smallest absolute Gasteiger partial charge is 0.321 e. The molecule has 8 nitrogen and oxygen atoms in total. The molecule has 0 aliphatic carbocycles. The van der Waals surface area contributed by atoms with Crippen molar-refractivity contribution in [2.45, 2.75) is 24.6 Å². The maximum Gasteiger partial charge on any atom is 0.321 e. The van der Waals surface area contributed by atoms with Crippen molar-refractivity contribution in [2.75, 3.05) is 6.54 Å². The Hall–Kier alpha value is -2.13. The molecule has 0 aromatic heterocycles. The molecular weight excluding hydrogens is 308 g/mol. The summed E-state index contributed by atoms with van der Waals surface area (Å²) in [6, 6.07) is 7.32. The van der Waals surface area contributed by atoms with Gasteiger partial charge in [0.25, 0.3) is 0 Å². The Morgan fingerprint density at radius 3 is 2.45 bits per heavy atom. The largest absolute Gasteiger partial charge is 0.480 e. The van der Waals surface area contributed by atoms with Crippen LogP contribution < -0.4 is 16.2 Å². The van der Waals surface area contributed by atoms with Crippen LogP contribution in [0.3, 0.4) is 0 Å². The second-order valence-electron chi connectivity index (χ2n) is 4.70. The van der Waals surface area contributed by atoms with Crippen molar-refractivity contribution in [3.05, 3.63) is 35.9 Å². The molecule has 0 saturated heterocycles. The van der Waals surface area contributed by atoms with Crippen LogP contribution in [0.2, 0.25) is 0 Å². The number of carboxylic acid groups (broad SMARTS) is 1. The third-order valence-corrected chi connectivity index (χ3v) is 4.12. The minimum Gasteiger partial charge on any atom is -0.480 e. The van der Waals surface area contributed by atoms with Crippen molar-refractivity contribution in [3.8, 4) is 0 Å². The highest BCUT2D eigenvalue weighted by Gasteiger charge is 2.23. The molecule has 1 aromatic carbocycles. The van der Waals surface area contributed by atoms with Gasteiger partial charge in [0.2, 0.25) is 10.0 Å². The van der Waals surface area contributed by atoms with Gasteiger partial charge in [0.1, 0.15) is 6.04 Å². The zero-order chi connectivity index (χ0) is 16.6. The van der Waals surface area contributed by atoms with Gasteiger partial charge in [-0.15, -0.1) is 0 Å². The van der Waals surface area contributed by atoms with Crippen LogP contribution in [0.15, 0.2) is 35.3 Å². The quantitative estimate of drug-likeness (QED) is 0.276. The SMILES string of the molecule is NC(N)=NCCC[C@H](NS(=O)(=O)Cc1ccccc1)C(=O)O. The van der Waals surface area contributed by atoms with Crippen LogP contribution in [0.25, 0.3) is 0 Å². The molecule has 0 amide bonds. The van der Waals surface area contributed by atoms with Crippen LogP contribution in [-0.2, 0) is 20.6 Å². The summed E-state index contributed by atoms with van der Waals surface area (Å²) in [6.07, 6.45) is 0.447. The van der Waals surface area contributed by atoms with Gasteiger partial charge in [-0.3, -0.25) is 9.79 Å². The van der Waals surface area contributed by atoms with Crippen molar-refractivity contribution in [1.29, 1.82) is 0 Å². The van der Waals surface area contributed by atoms with Gasteiger partial charge in [-0.25, -0.2) is 13.1 Å². The molecule has 0 heterocycles. The van der Waals surface area contributed by atoms with Gasteiger partial charge in [-0.2, -0.15) is 0 Å². The minimum atomic E-state index is -3.75. The van der Waals surface area contributed by atoms with Gasteiger partial charge in [0, 0.05) is 6.54 Å². The van der Waals surface area contributed by atoms with E-state index in [1.54, 1.807) is 30.3 Å². The molecule has 1 atom stereocenters. The fourth-order valence-electron chi connectivity index (χ4n) is 1.79. The Labute approximate surface area is 129 Å². The molecule has 9 heteroatoms. The Balaban J connectivity index is 2.61. The normalized spacial score (nSPS) is 12.5. The maximum absolute atomic E-state index is 12.0. The standard InChI is InChI=1S/C13H20N4O4S/c14-13(15)16-8-4-7-11(12(18)19)17-22(20,21)9-10-5-2-1-3-6-10/h1-3,5-6,11,17H,4,7-9H2,(H,18,19)(H4,14,15,16)/t11-/m0/s1. The number of sulfonamides is 1. The lowest BCUT2D eigenvalue weighted by Gasteiger charge is -2.14. The lowest BCUT2D eigenvalue weighted by atomic mass is 10.2. The summed E-state index contributed by atoms with van der Waals surface area (Å²) >= 11 is 0. The van der Waals surface area contributed by atoms with E-state index in [1.807, 2.05) is 0 Å². The highest BCUT2D eigenvalue weighted by molar-refractivity contribution is 7.88. The van der Waals surface area contributed by atoms with Gasteiger partial charge in [0.05, 0.1) is 5.75 Å². The highest BCUT2D eigenvalue weighted by atomic mass is 32.2.